The molecule has 3 aromatic carbocycles. The maximum Gasteiger partial charge on any atom is 0.241 e. The quantitative estimate of drug-likeness (QED) is 0.386. The molecular formula is C28H34N2O5S. The molecule has 7 nitrogen and oxygen atoms in total. The van der Waals surface area contributed by atoms with Crippen LogP contribution in [-0.2, 0) is 14.8 Å². The molecule has 1 atom stereocenters. The summed E-state index contributed by atoms with van der Waals surface area (Å²) >= 11 is 0. The molecule has 36 heavy (non-hydrogen) atoms. The highest BCUT2D eigenvalue weighted by atomic mass is 32.2. The van der Waals surface area contributed by atoms with E-state index in [0.717, 1.165) is 33.0 Å². The molecule has 0 radical (unpaired) electrons. The van der Waals surface area contributed by atoms with Gasteiger partial charge in [0, 0.05) is 0 Å². The Morgan fingerprint density at radius 1 is 0.944 bits per heavy atom. The minimum absolute atomic E-state index is 0.247. The number of sulfonamides is 1. The summed E-state index contributed by atoms with van der Waals surface area (Å²) in [5.41, 5.74) is 3.37. The van der Waals surface area contributed by atoms with E-state index in [2.05, 4.69) is 19.2 Å². The minimum atomic E-state index is -3.71. The zero-order valence-corrected chi connectivity index (χ0v) is 22.4. The molecule has 0 aliphatic carbocycles. The van der Waals surface area contributed by atoms with Crippen LogP contribution in [0.3, 0.4) is 0 Å². The molecule has 0 fully saturated rings. The lowest BCUT2D eigenvalue weighted by Crippen LogP contribution is -2.41. The molecule has 0 spiro atoms. The molecule has 0 unspecified atom stereocenters. The van der Waals surface area contributed by atoms with Gasteiger partial charge in [-0.3, -0.25) is 9.10 Å². The van der Waals surface area contributed by atoms with Gasteiger partial charge in [0.05, 0.1) is 25.1 Å². The van der Waals surface area contributed by atoms with Crippen LogP contribution in [0.15, 0.2) is 66.7 Å². The van der Waals surface area contributed by atoms with Crippen molar-refractivity contribution < 1.29 is 22.7 Å². The molecule has 3 rings (SSSR count). The Bertz CT molecular complexity index is 1290. The Kier molecular flexibility index (Phi) is 8.63. The largest absolute Gasteiger partial charge is 0.496 e. The number of aryl methyl sites for hydroxylation is 1. The first-order valence-corrected chi connectivity index (χ1v) is 13.6. The number of carbonyl (C=O) groups excluding carboxylic acids is 1. The van der Waals surface area contributed by atoms with Gasteiger partial charge in [0.1, 0.15) is 23.8 Å². The third-order valence-corrected chi connectivity index (χ3v) is 7.02. The summed E-state index contributed by atoms with van der Waals surface area (Å²) in [6.07, 6.45) is 1.08. The first kappa shape index (κ1) is 27.1. The van der Waals surface area contributed by atoms with Crippen LogP contribution in [0.25, 0.3) is 0 Å². The van der Waals surface area contributed by atoms with Crippen LogP contribution in [-0.4, -0.2) is 34.2 Å². The number of hydrogen-bond acceptors (Lipinski definition) is 5. The van der Waals surface area contributed by atoms with E-state index in [4.69, 9.17) is 9.47 Å². The second kappa shape index (κ2) is 11.5. The Morgan fingerprint density at radius 3 is 2.11 bits per heavy atom. The van der Waals surface area contributed by atoms with Crippen molar-refractivity contribution in [2.75, 3.05) is 24.2 Å². The van der Waals surface area contributed by atoms with Crippen molar-refractivity contribution in [1.29, 1.82) is 0 Å². The zero-order chi connectivity index (χ0) is 26.5. The van der Waals surface area contributed by atoms with E-state index < -0.39 is 15.9 Å². The fourth-order valence-corrected chi connectivity index (χ4v) is 4.87. The predicted octanol–water partition coefficient (Wildman–Crippen LogP) is 5.56. The van der Waals surface area contributed by atoms with Gasteiger partial charge in [-0.1, -0.05) is 32.0 Å². The molecule has 192 valence electrons. The summed E-state index contributed by atoms with van der Waals surface area (Å²) in [7, 11) is -2.06. The molecule has 1 amide bonds. The summed E-state index contributed by atoms with van der Waals surface area (Å²) in [6.45, 7) is 7.68. The highest BCUT2D eigenvalue weighted by Crippen LogP contribution is 2.32. The number of ether oxygens (including phenoxy) is 2. The lowest BCUT2D eigenvalue weighted by atomic mass is 9.93. The first-order chi connectivity index (χ1) is 17.0. The van der Waals surface area contributed by atoms with E-state index in [1.165, 1.54) is 0 Å². The summed E-state index contributed by atoms with van der Waals surface area (Å²) in [6, 6.07) is 19.6. The number of amides is 1. The summed E-state index contributed by atoms with van der Waals surface area (Å²) in [4.78, 5) is 13.0. The molecule has 1 N–H and O–H groups in total. The predicted molar refractivity (Wildman–Crippen MR) is 144 cm³/mol. The van der Waals surface area contributed by atoms with Crippen LogP contribution >= 0.6 is 0 Å². The van der Waals surface area contributed by atoms with Gasteiger partial charge in [0.2, 0.25) is 15.9 Å². The van der Waals surface area contributed by atoms with Crippen molar-refractivity contribution in [3.63, 3.8) is 0 Å². The van der Waals surface area contributed by atoms with Crippen molar-refractivity contribution >= 4 is 21.6 Å². The second-order valence-corrected chi connectivity index (χ2v) is 11.0. The number of rotatable bonds is 10. The number of para-hydroxylation sites is 1. The normalized spacial score (nSPS) is 12.2. The van der Waals surface area contributed by atoms with Crippen LogP contribution in [0, 0.1) is 6.92 Å². The van der Waals surface area contributed by atoms with E-state index in [1.54, 1.807) is 31.4 Å². The average Bonchev–Trinajstić information content (AvgIpc) is 2.82. The Morgan fingerprint density at radius 2 is 1.56 bits per heavy atom. The van der Waals surface area contributed by atoms with Crippen molar-refractivity contribution in [3.05, 3.63) is 83.4 Å². The SMILES string of the molecule is COc1cc(C)c([C@H](C)NC(=O)CN(c2ccc(Oc3ccccc3)cc2)S(C)(=O)=O)cc1C(C)C. The van der Waals surface area contributed by atoms with E-state index in [0.29, 0.717) is 17.2 Å². The van der Waals surface area contributed by atoms with Gasteiger partial charge >= 0.3 is 0 Å². The van der Waals surface area contributed by atoms with Gasteiger partial charge in [-0.2, -0.15) is 0 Å². The van der Waals surface area contributed by atoms with Crippen LogP contribution in [0.1, 0.15) is 49.4 Å². The number of benzene rings is 3. The third kappa shape index (κ3) is 6.79. The number of nitrogens with zero attached hydrogens (tertiary/aromatic N) is 1. The monoisotopic (exact) mass is 510 g/mol. The van der Waals surface area contributed by atoms with Gasteiger partial charge < -0.3 is 14.8 Å². The smallest absolute Gasteiger partial charge is 0.241 e. The fourth-order valence-electron chi connectivity index (χ4n) is 4.01. The first-order valence-electron chi connectivity index (χ1n) is 11.8. The maximum absolute atomic E-state index is 13.0. The topological polar surface area (TPSA) is 84.9 Å². The zero-order valence-electron chi connectivity index (χ0n) is 21.6. The highest BCUT2D eigenvalue weighted by molar-refractivity contribution is 7.92. The lowest BCUT2D eigenvalue weighted by molar-refractivity contribution is -0.120. The van der Waals surface area contributed by atoms with E-state index in [-0.39, 0.29) is 18.5 Å². The van der Waals surface area contributed by atoms with E-state index in [1.807, 2.05) is 56.3 Å². The molecule has 3 aromatic rings. The van der Waals surface area contributed by atoms with Gasteiger partial charge in [-0.15, -0.1) is 0 Å². The molecule has 0 aliphatic rings. The summed E-state index contributed by atoms with van der Waals surface area (Å²) in [5.74, 6) is 1.89. The van der Waals surface area contributed by atoms with Crippen molar-refractivity contribution in [2.24, 2.45) is 0 Å². The molecule has 0 saturated carbocycles. The third-order valence-electron chi connectivity index (χ3n) is 5.88. The molecule has 0 heterocycles. The Labute approximate surface area is 214 Å². The summed E-state index contributed by atoms with van der Waals surface area (Å²) in [5, 5.41) is 2.95. The molecular weight excluding hydrogens is 476 g/mol. The van der Waals surface area contributed by atoms with E-state index >= 15 is 0 Å². The number of anilines is 1. The Hall–Kier alpha value is -3.52. The molecule has 0 aliphatic heterocycles. The molecule has 0 aromatic heterocycles. The average molecular weight is 511 g/mol. The molecule has 8 heteroatoms. The van der Waals surface area contributed by atoms with Crippen LogP contribution in [0.5, 0.6) is 17.2 Å². The van der Waals surface area contributed by atoms with Gasteiger partial charge in [0.25, 0.3) is 0 Å². The summed E-state index contributed by atoms with van der Waals surface area (Å²) < 4.78 is 37.5. The van der Waals surface area contributed by atoms with Gasteiger partial charge in [-0.05, 0) is 85.0 Å². The van der Waals surface area contributed by atoms with E-state index in [9.17, 15) is 13.2 Å². The number of nitrogens with one attached hydrogen (secondary N) is 1. The lowest BCUT2D eigenvalue weighted by Gasteiger charge is -2.24. The van der Waals surface area contributed by atoms with Gasteiger partial charge in [-0.25, -0.2) is 8.42 Å². The number of carbonyl (C=O) groups is 1. The standard InChI is InChI=1S/C28H34N2O5S/c1-19(2)25-17-26(20(3)16-27(25)34-5)21(4)29-28(31)18-30(36(6,32)33)22-12-14-24(15-13-22)35-23-10-8-7-9-11-23/h7-17,19,21H,18H2,1-6H3,(H,29,31)/t21-/m0/s1. The van der Waals surface area contributed by atoms with Crippen LogP contribution in [0.2, 0.25) is 0 Å². The van der Waals surface area contributed by atoms with Crippen molar-refractivity contribution in [3.8, 4) is 17.2 Å². The molecule has 0 bridgehead atoms. The fraction of sp³-hybridized carbons (Fsp3) is 0.321. The van der Waals surface area contributed by atoms with Crippen molar-refractivity contribution in [2.45, 2.75) is 39.7 Å². The Balaban J connectivity index is 1.75. The number of hydrogen-bond donors (Lipinski definition) is 1. The van der Waals surface area contributed by atoms with Crippen LogP contribution < -0.4 is 19.1 Å². The maximum atomic E-state index is 13.0. The second-order valence-electron chi connectivity index (χ2n) is 9.07. The highest BCUT2D eigenvalue weighted by Gasteiger charge is 2.23. The van der Waals surface area contributed by atoms with Gasteiger partial charge in [0.15, 0.2) is 0 Å². The number of methoxy groups -OCH3 is 1. The van der Waals surface area contributed by atoms with Crippen LogP contribution in [0.4, 0.5) is 5.69 Å². The minimum Gasteiger partial charge on any atom is -0.496 e. The van der Waals surface area contributed by atoms with Crippen molar-refractivity contribution in [1.82, 2.24) is 5.32 Å². The molecule has 0 saturated heterocycles.